The number of anilines is 1. The van der Waals surface area contributed by atoms with Crippen molar-refractivity contribution in [3.8, 4) is 0 Å². The van der Waals surface area contributed by atoms with Gasteiger partial charge in [0.15, 0.2) is 0 Å². The van der Waals surface area contributed by atoms with E-state index < -0.39 is 40.2 Å². The zero-order valence-corrected chi connectivity index (χ0v) is 21.0. The topological polar surface area (TPSA) is 86.8 Å². The first-order valence-electron chi connectivity index (χ1n) is 10.1. The summed E-state index contributed by atoms with van der Waals surface area (Å²) in [4.78, 5) is 27.3. The molecule has 0 heterocycles. The van der Waals surface area contributed by atoms with E-state index in [0.717, 1.165) is 22.7 Å². The first-order valence-corrected chi connectivity index (χ1v) is 12.7. The number of benzene rings is 2. The third-order valence-corrected chi connectivity index (χ3v) is 6.38. The van der Waals surface area contributed by atoms with Gasteiger partial charge in [-0.3, -0.25) is 13.9 Å². The lowest BCUT2D eigenvalue weighted by atomic mass is 10.1. The molecule has 1 N–H and O–H groups in total. The lowest BCUT2D eigenvalue weighted by Crippen LogP contribution is -2.52. The quantitative estimate of drug-likeness (QED) is 0.547. The van der Waals surface area contributed by atoms with Crippen molar-refractivity contribution >= 4 is 50.7 Å². The van der Waals surface area contributed by atoms with Crippen LogP contribution < -0.4 is 9.62 Å². The Labute approximate surface area is 203 Å². The number of carbonyl (C=O) groups is 2. The van der Waals surface area contributed by atoms with Crippen molar-refractivity contribution in [1.82, 2.24) is 10.2 Å². The molecule has 180 valence electrons. The van der Waals surface area contributed by atoms with Crippen LogP contribution in [0.25, 0.3) is 0 Å². The minimum absolute atomic E-state index is 0.0217. The zero-order chi connectivity index (χ0) is 24.9. The van der Waals surface area contributed by atoms with Crippen molar-refractivity contribution in [1.29, 1.82) is 0 Å². The van der Waals surface area contributed by atoms with E-state index in [1.54, 1.807) is 45.0 Å². The SMILES string of the molecule is CC(C)NC(=O)[C@@H](C)N(Cc1cccc(Cl)c1)C(=O)CN(c1ccc(F)c(Cl)c1)S(C)(=O)=O. The molecule has 0 fully saturated rings. The van der Waals surface area contributed by atoms with Crippen LogP contribution in [0.3, 0.4) is 0 Å². The molecule has 0 radical (unpaired) electrons. The maximum Gasteiger partial charge on any atom is 0.244 e. The molecule has 11 heteroatoms. The molecule has 7 nitrogen and oxygen atoms in total. The molecule has 0 spiro atoms. The molecule has 33 heavy (non-hydrogen) atoms. The minimum atomic E-state index is -3.94. The number of amides is 2. The Balaban J connectivity index is 2.41. The summed E-state index contributed by atoms with van der Waals surface area (Å²) >= 11 is 11.9. The summed E-state index contributed by atoms with van der Waals surface area (Å²) in [5.41, 5.74) is 0.690. The van der Waals surface area contributed by atoms with Gasteiger partial charge < -0.3 is 10.2 Å². The molecule has 0 aromatic heterocycles. The monoisotopic (exact) mass is 517 g/mol. The van der Waals surface area contributed by atoms with Crippen LogP contribution in [0.5, 0.6) is 0 Å². The molecule has 2 aromatic rings. The molecule has 0 saturated carbocycles. The van der Waals surface area contributed by atoms with Crippen LogP contribution in [-0.2, 0) is 26.2 Å². The fourth-order valence-electron chi connectivity index (χ4n) is 3.07. The van der Waals surface area contributed by atoms with E-state index in [9.17, 15) is 22.4 Å². The van der Waals surface area contributed by atoms with Gasteiger partial charge in [0.05, 0.1) is 17.0 Å². The molecule has 2 rings (SSSR count). The van der Waals surface area contributed by atoms with Gasteiger partial charge in [0, 0.05) is 17.6 Å². The van der Waals surface area contributed by atoms with Gasteiger partial charge >= 0.3 is 0 Å². The Morgan fingerprint density at radius 2 is 1.76 bits per heavy atom. The Bertz CT molecular complexity index is 1130. The molecule has 2 amide bonds. The van der Waals surface area contributed by atoms with Gasteiger partial charge in [0.25, 0.3) is 0 Å². The molecule has 0 saturated heterocycles. The molecule has 0 aliphatic carbocycles. The van der Waals surface area contributed by atoms with Crippen molar-refractivity contribution in [3.63, 3.8) is 0 Å². The highest BCUT2D eigenvalue weighted by Crippen LogP contribution is 2.25. The average Bonchev–Trinajstić information content (AvgIpc) is 2.70. The van der Waals surface area contributed by atoms with Gasteiger partial charge in [-0.05, 0) is 56.7 Å². The maximum atomic E-state index is 13.6. The Hall–Kier alpha value is -2.36. The Kier molecular flexibility index (Phi) is 9.11. The zero-order valence-electron chi connectivity index (χ0n) is 18.7. The van der Waals surface area contributed by atoms with Crippen molar-refractivity contribution in [2.24, 2.45) is 0 Å². The largest absolute Gasteiger partial charge is 0.352 e. The molecule has 1 atom stereocenters. The normalized spacial score (nSPS) is 12.4. The fraction of sp³-hybridized carbons (Fsp3) is 0.364. The fourth-order valence-corrected chi connectivity index (χ4v) is 4.30. The van der Waals surface area contributed by atoms with E-state index in [4.69, 9.17) is 23.2 Å². The number of sulfonamides is 1. The summed E-state index contributed by atoms with van der Waals surface area (Å²) < 4.78 is 39.3. The van der Waals surface area contributed by atoms with Gasteiger partial charge in [0.2, 0.25) is 21.8 Å². The third-order valence-electron chi connectivity index (χ3n) is 4.71. The standard InChI is InChI=1S/C22H26Cl2FN3O4S/c1-14(2)26-22(30)15(3)27(12-16-6-5-7-17(23)10-16)21(29)13-28(33(4,31)32)18-8-9-20(25)19(24)11-18/h5-11,14-15H,12-13H2,1-4H3,(H,26,30)/t15-/m1/s1. The number of halogens is 3. The minimum Gasteiger partial charge on any atom is -0.352 e. The van der Waals surface area contributed by atoms with Gasteiger partial charge in [-0.1, -0.05) is 35.3 Å². The second-order valence-electron chi connectivity index (χ2n) is 7.86. The summed E-state index contributed by atoms with van der Waals surface area (Å²) in [6, 6.07) is 9.08. The van der Waals surface area contributed by atoms with Crippen LogP contribution in [0, 0.1) is 5.82 Å². The smallest absolute Gasteiger partial charge is 0.244 e. The first kappa shape index (κ1) is 26.9. The number of hydrogen-bond acceptors (Lipinski definition) is 4. The molecule has 0 aliphatic rings. The molecule has 2 aromatic carbocycles. The van der Waals surface area contributed by atoms with Gasteiger partial charge in [0.1, 0.15) is 18.4 Å². The van der Waals surface area contributed by atoms with E-state index in [0.29, 0.717) is 10.6 Å². The van der Waals surface area contributed by atoms with Crippen LogP contribution >= 0.6 is 23.2 Å². The van der Waals surface area contributed by atoms with E-state index in [1.807, 2.05) is 0 Å². The number of carbonyl (C=O) groups excluding carboxylic acids is 2. The number of hydrogen-bond donors (Lipinski definition) is 1. The number of rotatable bonds is 9. The highest BCUT2D eigenvalue weighted by molar-refractivity contribution is 7.92. The Morgan fingerprint density at radius 1 is 1.09 bits per heavy atom. The van der Waals surface area contributed by atoms with Crippen LogP contribution in [0.2, 0.25) is 10.0 Å². The summed E-state index contributed by atoms with van der Waals surface area (Å²) in [6.07, 6.45) is 0.924. The predicted molar refractivity (Wildman–Crippen MR) is 128 cm³/mol. The van der Waals surface area contributed by atoms with Crippen molar-refractivity contribution in [3.05, 3.63) is 63.9 Å². The van der Waals surface area contributed by atoms with Gasteiger partial charge in [-0.25, -0.2) is 12.8 Å². The Morgan fingerprint density at radius 3 is 2.30 bits per heavy atom. The highest BCUT2D eigenvalue weighted by Gasteiger charge is 2.30. The molecule has 0 aliphatic heterocycles. The van der Waals surface area contributed by atoms with Crippen LogP contribution in [0.4, 0.5) is 10.1 Å². The van der Waals surface area contributed by atoms with E-state index in [2.05, 4.69) is 5.32 Å². The summed E-state index contributed by atoms with van der Waals surface area (Å²) in [5.74, 6) is -1.75. The molecular weight excluding hydrogens is 492 g/mol. The summed E-state index contributed by atoms with van der Waals surface area (Å²) in [6.45, 7) is 4.54. The van der Waals surface area contributed by atoms with Crippen molar-refractivity contribution in [2.45, 2.75) is 39.4 Å². The second-order valence-corrected chi connectivity index (χ2v) is 10.6. The van der Waals surface area contributed by atoms with E-state index >= 15 is 0 Å². The van der Waals surface area contributed by atoms with Crippen molar-refractivity contribution < 1.29 is 22.4 Å². The van der Waals surface area contributed by atoms with E-state index in [-0.39, 0.29) is 23.3 Å². The van der Waals surface area contributed by atoms with Crippen molar-refractivity contribution in [2.75, 3.05) is 17.1 Å². The van der Waals surface area contributed by atoms with Crippen LogP contribution in [-0.4, -0.2) is 50.0 Å². The molecular formula is C22H26Cl2FN3O4S. The number of nitrogens with zero attached hydrogens (tertiary/aromatic N) is 2. The molecule has 0 bridgehead atoms. The lowest BCUT2D eigenvalue weighted by Gasteiger charge is -2.32. The third kappa shape index (κ3) is 7.58. The average molecular weight is 518 g/mol. The summed E-state index contributed by atoms with van der Waals surface area (Å²) in [5, 5.41) is 2.93. The first-order chi connectivity index (χ1) is 15.3. The number of nitrogens with one attached hydrogen (secondary N) is 1. The van der Waals surface area contributed by atoms with Crippen LogP contribution in [0.1, 0.15) is 26.3 Å². The van der Waals surface area contributed by atoms with E-state index in [1.165, 1.54) is 11.0 Å². The maximum absolute atomic E-state index is 13.6. The van der Waals surface area contributed by atoms with Gasteiger partial charge in [-0.15, -0.1) is 0 Å². The summed E-state index contributed by atoms with van der Waals surface area (Å²) in [7, 11) is -3.94. The molecule has 0 unspecified atom stereocenters. The van der Waals surface area contributed by atoms with Gasteiger partial charge in [-0.2, -0.15) is 0 Å². The predicted octanol–water partition coefficient (Wildman–Crippen LogP) is 3.84. The second kappa shape index (κ2) is 11.2. The van der Waals surface area contributed by atoms with Crippen LogP contribution in [0.15, 0.2) is 42.5 Å². The lowest BCUT2D eigenvalue weighted by molar-refractivity contribution is -0.139. The highest BCUT2D eigenvalue weighted by atomic mass is 35.5.